The van der Waals surface area contributed by atoms with E-state index in [0.29, 0.717) is 18.4 Å². The van der Waals surface area contributed by atoms with Crippen LogP contribution in [-0.4, -0.2) is 25.0 Å². The summed E-state index contributed by atoms with van der Waals surface area (Å²) in [6.07, 6.45) is 1.72. The molecular formula is C9H18N2O. The summed E-state index contributed by atoms with van der Waals surface area (Å²) in [6.45, 7) is 6.09. The molecule has 0 aromatic carbocycles. The molecule has 2 N–H and O–H groups in total. The molecule has 3 nitrogen and oxygen atoms in total. The Morgan fingerprint density at radius 2 is 2.42 bits per heavy atom. The van der Waals surface area contributed by atoms with Crippen molar-refractivity contribution in [3.63, 3.8) is 0 Å². The molecule has 3 heteroatoms. The van der Waals surface area contributed by atoms with Gasteiger partial charge in [0.1, 0.15) is 0 Å². The van der Waals surface area contributed by atoms with Gasteiger partial charge in [-0.25, -0.2) is 0 Å². The second kappa shape index (κ2) is 4.45. The molecule has 0 aliphatic carbocycles. The van der Waals surface area contributed by atoms with E-state index in [9.17, 15) is 4.79 Å². The first-order valence-corrected chi connectivity index (χ1v) is 4.68. The van der Waals surface area contributed by atoms with Gasteiger partial charge in [-0.2, -0.15) is 0 Å². The molecule has 0 aromatic rings. The molecule has 1 atom stereocenters. The topological polar surface area (TPSA) is 41.1 Å². The van der Waals surface area contributed by atoms with Crippen molar-refractivity contribution in [3.8, 4) is 0 Å². The summed E-state index contributed by atoms with van der Waals surface area (Å²) in [7, 11) is 0. The monoisotopic (exact) mass is 170 g/mol. The molecule has 0 unspecified atom stereocenters. The zero-order valence-electron chi connectivity index (χ0n) is 7.89. The van der Waals surface area contributed by atoms with Gasteiger partial charge in [0.15, 0.2) is 0 Å². The number of amides is 1. The summed E-state index contributed by atoms with van der Waals surface area (Å²) in [5, 5.41) is 6.23. The van der Waals surface area contributed by atoms with E-state index in [1.54, 1.807) is 0 Å². The lowest BCUT2D eigenvalue weighted by Crippen LogP contribution is -2.36. The summed E-state index contributed by atoms with van der Waals surface area (Å²) < 4.78 is 0. The van der Waals surface area contributed by atoms with Gasteiger partial charge in [0.25, 0.3) is 0 Å². The number of carbonyl (C=O) groups excluding carboxylic acids is 1. The third kappa shape index (κ3) is 3.22. The fraction of sp³-hybridized carbons (Fsp3) is 0.889. The summed E-state index contributed by atoms with van der Waals surface area (Å²) in [5.74, 6) is 0.651. The van der Waals surface area contributed by atoms with Crippen LogP contribution in [0.1, 0.15) is 26.7 Å². The summed E-state index contributed by atoms with van der Waals surface area (Å²) in [6, 6.07) is 0.372. The van der Waals surface area contributed by atoms with Crippen LogP contribution in [0.2, 0.25) is 0 Å². The molecule has 1 aliphatic heterocycles. The van der Waals surface area contributed by atoms with Crippen molar-refractivity contribution in [2.24, 2.45) is 5.92 Å². The highest BCUT2D eigenvalue weighted by Crippen LogP contribution is 2.01. The van der Waals surface area contributed by atoms with Crippen molar-refractivity contribution >= 4 is 5.91 Å². The van der Waals surface area contributed by atoms with Gasteiger partial charge in [-0.3, -0.25) is 4.79 Å². The minimum atomic E-state index is 0.193. The van der Waals surface area contributed by atoms with Gasteiger partial charge in [0, 0.05) is 19.0 Å². The summed E-state index contributed by atoms with van der Waals surface area (Å²) in [4.78, 5) is 11.3. The van der Waals surface area contributed by atoms with Gasteiger partial charge in [-0.05, 0) is 18.9 Å². The van der Waals surface area contributed by atoms with Gasteiger partial charge >= 0.3 is 0 Å². The number of rotatable bonds is 3. The van der Waals surface area contributed by atoms with Crippen LogP contribution in [0.25, 0.3) is 0 Å². The SMILES string of the molecule is CC(C)CC(=O)N[C@H]1CCNC1. The molecule has 0 radical (unpaired) electrons. The van der Waals surface area contributed by atoms with Crippen LogP contribution in [0.15, 0.2) is 0 Å². The Labute approximate surface area is 73.9 Å². The van der Waals surface area contributed by atoms with Crippen LogP contribution in [0, 0.1) is 5.92 Å². The van der Waals surface area contributed by atoms with Crippen LogP contribution in [-0.2, 0) is 4.79 Å². The number of carbonyl (C=O) groups is 1. The Bertz CT molecular complexity index is 151. The molecule has 1 heterocycles. The van der Waals surface area contributed by atoms with Crippen molar-refractivity contribution in [3.05, 3.63) is 0 Å². The molecule has 0 spiro atoms. The van der Waals surface area contributed by atoms with Crippen LogP contribution in [0.3, 0.4) is 0 Å². The normalized spacial score (nSPS) is 23.1. The molecule has 0 bridgehead atoms. The maximum atomic E-state index is 11.3. The van der Waals surface area contributed by atoms with Gasteiger partial charge < -0.3 is 10.6 Å². The summed E-state index contributed by atoms with van der Waals surface area (Å²) >= 11 is 0. The average molecular weight is 170 g/mol. The first-order chi connectivity index (χ1) is 5.68. The quantitative estimate of drug-likeness (QED) is 0.648. The van der Waals surface area contributed by atoms with Gasteiger partial charge in [0.2, 0.25) is 5.91 Å². The summed E-state index contributed by atoms with van der Waals surface area (Å²) in [5.41, 5.74) is 0. The molecule has 1 saturated heterocycles. The van der Waals surface area contributed by atoms with E-state index in [1.807, 2.05) is 0 Å². The largest absolute Gasteiger partial charge is 0.352 e. The van der Waals surface area contributed by atoms with Crippen LogP contribution in [0.4, 0.5) is 0 Å². The zero-order valence-corrected chi connectivity index (χ0v) is 7.89. The first kappa shape index (κ1) is 9.52. The van der Waals surface area contributed by atoms with E-state index in [2.05, 4.69) is 24.5 Å². The maximum Gasteiger partial charge on any atom is 0.220 e. The fourth-order valence-corrected chi connectivity index (χ4v) is 1.44. The Kier molecular flexibility index (Phi) is 3.53. The lowest BCUT2D eigenvalue weighted by Gasteiger charge is -2.12. The third-order valence-electron chi connectivity index (χ3n) is 2.02. The smallest absolute Gasteiger partial charge is 0.220 e. The van der Waals surface area contributed by atoms with Gasteiger partial charge in [-0.1, -0.05) is 13.8 Å². The maximum absolute atomic E-state index is 11.3. The van der Waals surface area contributed by atoms with E-state index in [0.717, 1.165) is 19.5 Å². The predicted molar refractivity (Wildman–Crippen MR) is 48.9 cm³/mol. The Morgan fingerprint density at radius 3 is 2.92 bits per heavy atom. The van der Waals surface area contributed by atoms with Crippen LogP contribution >= 0.6 is 0 Å². The van der Waals surface area contributed by atoms with E-state index in [4.69, 9.17) is 0 Å². The van der Waals surface area contributed by atoms with E-state index >= 15 is 0 Å². The lowest BCUT2D eigenvalue weighted by molar-refractivity contribution is -0.122. The molecule has 0 aromatic heterocycles. The van der Waals surface area contributed by atoms with Gasteiger partial charge in [0.05, 0.1) is 0 Å². The first-order valence-electron chi connectivity index (χ1n) is 4.68. The standard InChI is InChI=1S/C9H18N2O/c1-7(2)5-9(12)11-8-3-4-10-6-8/h7-8,10H,3-6H2,1-2H3,(H,11,12)/t8-/m0/s1. The Balaban J connectivity index is 2.16. The molecule has 12 heavy (non-hydrogen) atoms. The van der Waals surface area contributed by atoms with Crippen LogP contribution in [0.5, 0.6) is 0 Å². The van der Waals surface area contributed by atoms with E-state index < -0.39 is 0 Å². The van der Waals surface area contributed by atoms with E-state index in [-0.39, 0.29) is 5.91 Å². The molecular weight excluding hydrogens is 152 g/mol. The minimum absolute atomic E-state index is 0.193. The zero-order chi connectivity index (χ0) is 8.97. The highest BCUT2D eigenvalue weighted by atomic mass is 16.1. The lowest BCUT2D eigenvalue weighted by atomic mass is 10.1. The fourth-order valence-electron chi connectivity index (χ4n) is 1.44. The Hall–Kier alpha value is -0.570. The molecule has 1 fully saturated rings. The Morgan fingerprint density at radius 1 is 1.67 bits per heavy atom. The average Bonchev–Trinajstić information content (AvgIpc) is 2.37. The predicted octanol–water partition coefficient (Wildman–Crippen LogP) is 0.511. The molecule has 1 amide bonds. The highest BCUT2D eigenvalue weighted by molar-refractivity contribution is 5.76. The second-order valence-electron chi connectivity index (χ2n) is 3.86. The van der Waals surface area contributed by atoms with E-state index in [1.165, 1.54) is 0 Å². The highest BCUT2D eigenvalue weighted by Gasteiger charge is 2.16. The van der Waals surface area contributed by atoms with Crippen molar-refractivity contribution < 1.29 is 4.79 Å². The van der Waals surface area contributed by atoms with Crippen molar-refractivity contribution in [2.75, 3.05) is 13.1 Å². The third-order valence-corrected chi connectivity index (χ3v) is 2.02. The number of nitrogens with one attached hydrogen (secondary N) is 2. The molecule has 1 aliphatic rings. The van der Waals surface area contributed by atoms with Crippen LogP contribution < -0.4 is 10.6 Å². The minimum Gasteiger partial charge on any atom is -0.352 e. The second-order valence-corrected chi connectivity index (χ2v) is 3.86. The van der Waals surface area contributed by atoms with Crippen molar-refractivity contribution in [2.45, 2.75) is 32.7 Å². The van der Waals surface area contributed by atoms with Crippen molar-refractivity contribution in [1.82, 2.24) is 10.6 Å². The number of hydrogen-bond donors (Lipinski definition) is 2. The molecule has 0 saturated carbocycles. The molecule has 70 valence electrons. The molecule has 1 rings (SSSR count). The number of hydrogen-bond acceptors (Lipinski definition) is 2. The van der Waals surface area contributed by atoms with Gasteiger partial charge in [-0.15, -0.1) is 0 Å². The van der Waals surface area contributed by atoms with Crippen molar-refractivity contribution in [1.29, 1.82) is 0 Å².